The van der Waals surface area contributed by atoms with E-state index in [-0.39, 0.29) is 0 Å². The van der Waals surface area contributed by atoms with Gasteiger partial charge < -0.3 is 5.11 Å². The van der Waals surface area contributed by atoms with Crippen LogP contribution in [0.15, 0.2) is 18.2 Å². The average molecular weight is 313 g/mol. The van der Waals surface area contributed by atoms with Crippen LogP contribution in [0.1, 0.15) is 34.4 Å². The lowest BCUT2D eigenvalue weighted by Gasteiger charge is -2.26. The van der Waals surface area contributed by atoms with Crippen molar-refractivity contribution in [1.29, 1.82) is 0 Å². The van der Waals surface area contributed by atoms with Crippen LogP contribution in [0.4, 0.5) is 0 Å². The largest absolute Gasteiger partial charge is 0.507 e. The van der Waals surface area contributed by atoms with E-state index in [0.717, 1.165) is 23.6 Å². The van der Waals surface area contributed by atoms with E-state index in [1.807, 2.05) is 25.2 Å². The lowest BCUT2D eigenvalue weighted by atomic mass is 10.0. The second-order valence-electron chi connectivity index (χ2n) is 6.95. The topological polar surface area (TPSA) is 23.5 Å². The van der Waals surface area contributed by atoms with Crippen molar-refractivity contribution >= 4 is 11.3 Å². The van der Waals surface area contributed by atoms with Crippen molar-refractivity contribution in [1.82, 2.24) is 4.90 Å². The van der Waals surface area contributed by atoms with E-state index in [2.05, 4.69) is 23.1 Å². The molecule has 0 bridgehead atoms. The summed E-state index contributed by atoms with van der Waals surface area (Å²) in [4.78, 5) is 5.54. The predicted molar refractivity (Wildman–Crippen MR) is 92.6 cm³/mol. The third-order valence-electron chi connectivity index (χ3n) is 4.93. The molecule has 1 aromatic carbocycles. The highest BCUT2D eigenvalue weighted by atomic mass is 32.1. The van der Waals surface area contributed by atoms with Crippen LogP contribution in [-0.2, 0) is 13.0 Å². The zero-order valence-corrected chi connectivity index (χ0v) is 14.2. The Hall–Kier alpha value is -1.32. The third kappa shape index (κ3) is 2.68. The van der Waals surface area contributed by atoms with Gasteiger partial charge in [0.05, 0.1) is 0 Å². The van der Waals surface area contributed by atoms with Crippen molar-refractivity contribution in [3.05, 3.63) is 39.8 Å². The lowest BCUT2D eigenvalue weighted by Crippen LogP contribution is -2.31. The molecule has 2 heterocycles. The molecule has 2 aromatic rings. The van der Waals surface area contributed by atoms with Gasteiger partial charge >= 0.3 is 0 Å². The van der Waals surface area contributed by atoms with E-state index in [0.29, 0.717) is 5.75 Å². The first kappa shape index (κ1) is 14.3. The van der Waals surface area contributed by atoms with Crippen molar-refractivity contribution < 1.29 is 5.11 Å². The highest BCUT2D eigenvalue weighted by molar-refractivity contribution is 7.15. The van der Waals surface area contributed by atoms with E-state index in [1.54, 1.807) is 4.88 Å². The molecule has 1 aliphatic heterocycles. The first-order valence-corrected chi connectivity index (χ1v) is 9.06. The minimum absolute atomic E-state index is 0.431. The number of benzene rings is 1. The summed E-state index contributed by atoms with van der Waals surface area (Å²) in [5.41, 5.74) is 4.71. The Morgan fingerprint density at radius 1 is 1.18 bits per heavy atom. The van der Waals surface area contributed by atoms with Crippen molar-refractivity contribution in [3.63, 3.8) is 0 Å². The van der Waals surface area contributed by atoms with Gasteiger partial charge in [0.25, 0.3) is 0 Å². The summed E-state index contributed by atoms with van der Waals surface area (Å²) in [6.07, 6.45) is 4.07. The number of aromatic hydroxyl groups is 1. The van der Waals surface area contributed by atoms with Crippen LogP contribution in [-0.4, -0.2) is 23.1 Å². The quantitative estimate of drug-likeness (QED) is 0.901. The summed E-state index contributed by atoms with van der Waals surface area (Å²) in [5, 5.41) is 9.96. The van der Waals surface area contributed by atoms with Gasteiger partial charge in [-0.25, -0.2) is 0 Å². The van der Waals surface area contributed by atoms with Gasteiger partial charge in [0.15, 0.2) is 0 Å². The summed E-state index contributed by atoms with van der Waals surface area (Å²) >= 11 is 1.94. The van der Waals surface area contributed by atoms with Gasteiger partial charge in [0.2, 0.25) is 0 Å². The first-order chi connectivity index (χ1) is 10.6. The molecular formula is C19H23NOS. The van der Waals surface area contributed by atoms with Gasteiger partial charge in [0.1, 0.15) is 5.75 Å². The molecule has 116 valence electrons. The van der Waals surface area contributed by atoms with Gasteiger partial charge in [-0.1, -0.05) is 0 Å². The molecule has 2 aliphatic rings. The van der Waals surface area contributed by atoms with Gasteiger partial charge in [-0.2, -0.15) is 0 Å². The Morgan fingerprint density at radius 2 is 1.91 bits per heavy atom. The number of nitrogens with zero attached hydrogens (tertiary/aromatic N) is 1. The van der Waals surface area contributed by atoms with Crippen molar-refractivity contribution in [2.75, 3.05) is 13.1 Å². The Bertz CT molecular complexity index is 691. The van der Waals surface area contributed by atoms with Gasteiger partial charge in [-0.05, 0) is 79.5 Å². The maximum atomic E-state index is 9.96. The molecule has 1 aliphatic carbocycles. The molecule has 0 amide bonds. The van der Waals surface area contributed by atoms with E-state index in [9.17, 15) is 5.11 Å². The number of thiophene rings is 1. The van der Waals surface area contributed by atoms with E-state index in [4.69, 9.17) is 0 Å². The van der Waals surface area contributed by atoms with Gasteiger partial charge in [0, 0.05) is 29.4 Å². The van der Waals surface area contributed by atoms with Crippen molar-refractivity contribution in [3.8, 4) is 16.2 Å². The van der Waals surface area contributed by atoms with Gasteiger partial charge in [-0.15, -0.1) is 11.3 Å². The molecule has 1 saturated carbocycles. The molecular weight excluding hydrogens is 290 g/mol. The molecule has 0 spiro atoms. The zero-order valence-electron chi connectivity index (χ0n) is 13.4. The maximum absolute atomic E-state index is 9.96. The van der Waals surface area contributed by atoms with E-state index < -0.39 is 0 Å². The standard InChI is InChI=1S/C19H23NOS/c1-12-7-15(8-13(2)19(12)21)18-9-16-11-20(10-14-3-4-14)6-5-17(16)22-18/h7-9,14,21H,3-6,10-11H2,1-2H3. The third-order valence-corrected chi connectivity index (χ3v) is 6.22. The number of fused-ring (bicyclic) bond motifs is 1. The molecule has 3 heteroatoms. The summed E-state index contributed by atoms with van der Waals surface area (Å²) in [6, 6.07) is 6.60. The molecule has 4 rings (SSSR count). The zero-order chi connectivity index (χ0) is 15.3. The number of hydrogen-bond donors (Lipinski definition) is 1. The van der Waals surface area contributed by atoms with Crippen molar-refractivity contribution in [2.24, 2.45) is 5.92 Å². The number of aryl methyl sites for hydroxylation is 2. The Kier molecular flexibility index (Phi) is 3.50. The number of phenols is 1. The highest BCUT2D eigenvalue weighted by Crippen LogP contribution is 2.38. The Balaban J connectivity index is 1.61. The van der Waals surface area contributed by atoms with Crippen molar-refractivity contribution in [2.45, 2.75) is 39.7 Å². The Morgan fingerprint density at radius 3 is 2.59 bits per heavy atom. The van der Waals surface area contributed by atoms with E-state index in [1.165, 1.54) is 48.4 Å². The molecule has 1 fully saturated rings. The fourth-order valence-electron chi connectivity index (χ4n) is 3.45. The minimum atomic E-state index is 0.431. The minimum Gasteiger partial charge on any atom is -0.507 e. The summed E-state index contributed by atoms with van der Waals surface area (Å²) in [5.74, 6) is 1.41. The second kappa shape index (κ2) is 5.39. The normalized spacial score (nSPS) is 18.5. The molecule has 0 radical (unpaired) electrons. The average Bonchev–Trinajstić information content (AvgIpc) is 3.20. The number of hydrogen-bond acceptors (Lipinski definition) is 3. The monoisotopic (exact) mass is 313 g/mol. The maximum Gasteiger partial charge on any atom is 0.121 e. The summed E-state index contributed by atoms with van der Waals surface area (Å²) in [7, 11) is 0. The highest BCUT2D eigenvalue weighted by Gasteiger charge is 2.27. The molecule has 0 unspecified atom stereocenters. The SMILES string of the molecule is Cc1cc(-c2cc3c(s2)CCN(CC2CC2)C3)cc(C)c1O. The predicted octanol–water partition coefficient (Wildman–Crippen LogP) is 4.51. The molecule has 0 atom stereocenters. The number of phenolic OH excluding ortho intramolecular Hbond substituents is 1. The van der Waals surface area contributed by atoms with Crippen LogP contribution in [0.3, 0.4) is 0 Å². The lowest BCUT2D eigenvalue weighted by molar-refractivity contribution is 0.246. The molecule has 1 N–H and O–H groups in total. The molecule has 2 nitrogen and oxygen atoms in total. The summed E-state index contributed by atoms with van der Waals surface area (Å²) < 4.78 is 0. The molecule has 0 saturated heterocycles. The fraction of sp³-hybridized carbons (Fsp3) is 0.474. The van der Waals surface area contributed by atoms with Crippen LogP contribution in [0, 0.1) is 19.8 Å². The van der Waals surface area contributed by atoms with E-state index >= 15 is 0 Å². The molecule has 1 aromatic heterocycles. The number of rotatable bonds is 3. The first-order valence-electron chi connectivity index (χ1n) is 8.24. The van der Waals surface area contributed by atoms with Crippen LogP contribution in [0.2, 0.25) is 0 Å². The van der Waals surface area contributed by atoms with Crippen LogP contribution < -0.4 is 0 Å². The fourth-order valence-corrected chi connectivity index (χ4v) is 4.60. The summed E-state index contributed by atoms with van der Waals surface area (Å²) in [6.45, 7) is 7.60. The Labute approximate surface area is 136 Å². The van der Waals surface area contributed by atoms with Crippen LogP contribution in [0.25, 0.3) is 10.4 Å². The van der Waals surface area contributed by atoms with Crippen LogP contribution in [0.5, 0.6) is 5.75 Å². The molecule has 22 heavy (non-hydrogen) atoms. The second-order valence-corrected chi connectivity index (χ2v) is 8.08. The smallest absolute Gasteiger partial charge is 0.121 e. The van der Waals surface area contributed by atoms with Crippen LogP contribution >= 0.6 is 11.3 Å². The van der Waals surface area contributed by atoms with Gasteiger partial charge in [-0.3, -0.25) is 4.90 Å².